The van der Waals surface area contributed by atoms with E-state index in [0.717, 1.165) is 24.2 Å². The summed E-state index contributed by atoms with van der Waals surface area (Å²) in [5.74, 6) is 2.38. The van der Waals surface area contributed by atoms with Gasteiger partial charge in [0.1, 0.15) is 5.82 Å². The van der Waals surface area contributed by atoms with Crippen LogP contribution >= 0.6 is 11.8 Å². The maximum atomic E-state index is 4.36. The number of nitrogens with zero attached hydrogens (tertiary/aromatic N) is 3. The molecule has 1 aliphatic heterocycles. The number of fused-ring (bicyclic) bond motifs is 1. The normalized spacial score (nSPS) is 19.2. The fourth-order valence-corrected chi connectivity index (χ4v) is 3.53. The lowest BCUT2D eigenvalue weighted by Crippen LogP contribution is -2.17. The molecule has 4 nitrogen and oxygen atoms in total. The van der Waals surface area contributed by atoms with Gasteiger partial charge in [0.15, 0.2) is 5.16 Å². The highest BCUT2D eigenvalue weighted by atomic mass is 32.2. The third-order valence-electron chi connectivity index (χ3n) is 3.89. The molecule has 0 radical (unpaired) electrons. The number of aromatic nitrogens is 3. The molecule has 1 aromatic rings. The Morgan fingerprint density at radius 2 is 2.11 bits per heavy atom. The average molecular weight is 280 g/mol. The molecule has 0 atom stereocenters. The van der Waals surface area contributed by atoms with Gasteiger partial charge >= 0.3 is 0 Å². The van der Waals surface area contributed by atoms with E-state index in [1.165, 1.54) is 63.1 Å². The third kappa shape index (κ3) is 3.96. The minimum atomic E-state index is 0.847. The first-order chi connectivity index (χ1) is 9.43. The predicted molar refractivity (Wildman–Crippen MR) is 78.6 cm³/mol. The summed E-state index contributed by atoms with van der Waals surface area (Å²) in [7, 11) is 0. The Labute approximate surface area is 119 Å². The van der Waals surface area contributed by atoms with E-state index in [2.05, 4.69) is 20.1 Å². The maximum absolute atomic E-state index is 4.36. The number of thioether (sulfide) groups is 1. The van der Waals surface area contributed by atoms with Gasteiger partial charge in [0.25, 0.3) is 0 Å². The molecule has 1 fully saturated rings. The average Bonchev–Trinajstić information content (AvgIpc) is 3.20. The van der Waals surface area contributed by atoms with E-state index in [1.54, 1.807) is 0 Å². The van der Waals surface area contributed by atoms with Crippen molar-refractivity contribution in [2.45, 2.75) is 69.1 Å². The zero-order valence-corrected chi connectivity index (χ0v) is 12.4. The number of rotatable bonds is 7. The number of nitrogens with one attached hydrogen (secondary N) is 1. The molecule has 5 heteroatoms. The van der Waals surface area contributed by atoms with Crippen LogP contribution in [-0.2, 0) is 13.0 Å². The summed E-state index contributed by atoms with van der Waals surface area (Å²) in [5.41, 5.74) is 0. The monoisotopic (exact) mass is 280 g/mol. The second-order valence-corrected chi connectivity index (χ2v) is 6.71. The third-order valence-corrected chi connectivity index (χ3v) is 4.94. The van der Waals surface area contributed by atoms with Crippen LogP contribution in [0.5, 0.6) is 0 Å². The van der Waals surface area contributed by atoms with Crippen molar-refractivity contribution in [1.82, 2.24) is 20.1 Å². The van der Waals surface area contributed by atoms with Crippen LogP contribution in [-0.4, -0.2) is 33.1 Å². The van der Waals surface area contributed by atoms with Gasteiger partial charge in [0.2, 0.25) is 0 Å². The molecule has 2 aliphatic rings. The lowest BCUT2D eigenvalue weighted by atomic mass is 10.2. The second kappa shape index (κ2) is 6.75. The van der Waals surface area contributed by atoms with Crippen molar-refractivity contribution in [2.24, 2.45) is 0 Å². The second-order valence-electron chi connectivity index (χ2n) is 5.65. The smallest absolute Gasteiger partial charge is 0.191 e. The molecule has 1 saturated carbocycles. The molecule has 19 heavy (non-hydrogen) atoms. The lowest BCUT2D eigenvalue weighted by Gasteiger charge is -2.06. The van der Waals surface area contributed by atoms with Crippen LogP contribution in [0.3, 0.4) is 0 Å². The Hall–Kier alpha value is -0.550. The van der Waals surface area contributed by atoms with Gasteiger partial charge in [-0.2, -0.15) is 0 Å². The van der Waals surface area contributed by atoms with E-state index >= 15 is 0 Å². The van der Waals surface area contributed by atoms with Crippen LogP contribution in [0.15, 0.2) is 5.16 Å². The zero-order valence-electron chi connectivity index (χ0n) is 11.6. The number of aryl methyl sites for hydroxylation is 1. The van der Waals surface area contributed by atoms with Crippen molar-refractivity contribution < 1.29 is 0 Å². The molecule has 3 rings (SSSR count). The molecule has 1 N–H and O–H groups in total. The van der Waals surface area contributed by atoms with Crippen LogP contribution in [0, 0.1) is 0 Å². The van der Waals surface area contributed by atoms with E-state index in [-0.39, 0.29) is 0 Å². The lowest BCUT2D eigenvalue weighted by molar-refractivity contribution is 0.590. The van der Waals surface area contributed by atoms with E-state index < -0.39 is 0 Å². The quantitative estimate of drug-likeness (QED) is 0.616. The van der Waals surface area contributed by atoms with Gasteiger partial charge < -0.3 is 9.88 Å². The highest BCUT2D eigenvalue weighted by molar-refractivity contribution is 7.99. The van der Waals surface area contributed by atoms with Crippen molar-refractivity contribution in [1.29, 1.82) is 0 Å². The van der Waals surface area contributed by atoms with Gasteiger partial charge in [0, 0.05) is 24.8 Å². The molecule has 2 heterocycles. The van der Waals surface area contributed by atoms with E-state index in [4.69, 9.17) is 0 Å². The minimum absolute atomic E-state index is 0.847. The van der Waals surface area contributed by atoms with Crippen LogP contribution in [0.1, 0.15) is 50.8 Å². The predicted octanol–water partition coefficient (Wildman–Crippen LogP) is 2.63. The first kappa shape index (κ1) is 13.4. The Morgan fingerprint density at radius 1 is 1.16 bits per heavy atom. The van der Waals surface area contributed by atoms with Gasteiger partial charge in [-0.3, -0.25) is 0 Å². The summed E-state index contributed by atoms with van der Waals surface area (Å²) >= 11 is 1.89. The van der Waals surface area contributed by atoms with E-state index in [1.807, 2.05) is 11.8 Å². The standard InChI is InChI=1S/C14H24N4S/c1-2-6-13-16-17-14(18(13)10-4-1)19-11-5-3-9-15-12-7-8-12/h12,15H,1-11H2. The van der Waals surface area contributed by atoms with Crippen molar-refractivity contribution in [3.8, 4) is 0 Å². The van der Waals surface area contributed by atoms with Crippen molar-refractivity contribution in [3.63, 3.8) is 0 Å². The van der Waals surface area contributed by atoms with Gasteiger partial charge in [-0.25, -0.2) is 0 Å². The maximum Gasteiger partial charge on any atom is 0.191 e. The van der Waals surface area contributed by atoms with Gasteiger partial charge in [-0.1, -0.05) is 18.2 Å². The highest BCUT2D eigenvalue weighted by Gasteiger charge is 2.19. The molecule has 0 saturated heterocycles. The van der Waals surface area contributed by atoms with Crippen molar-refractivity contribution in [2.75, 3.05) is 12.3 Å². The van der Waals surface area contributed by atoms with Gasteiger partial charge in [0.05, 0.1) is 0 Å². The van der Waals surface area contributed by atoms with Crippen LogP contribution in [0.2, 0.25) is 0 Å². The molecule has 0 unspecified atom stereocenters. The summed E-state index contributed by atoms with van der Waals surface area (Å²) in [6.07, 6.45) is 10.3. The molecule has 106 valence electrons. The fraction of sp³-hybridized carbons (Fsp3) is 0.857. The van der Waals surface area contributed by atoms with Gasteiger partial charge in [-0.05, 0) is 45.1 Å². The number of hydrogen-bond acceptors (Lipinski definition) is 4. The van der Waals surface area contributed by atoms with Crippen LogP contribution < -0.4 is 5.32 Å². The summed E-state index contributed by atoms with van der Waals surface area (Å²) in [4.78, 5) is 0. The zero-order chi connectivity index (χ0) is 12.9. The number of unbranched alkanes of at least 4 members (excludes halogenated alkanes) is 1. The topological polar surface area (TPSA) is 42.7 Å². The SMILES string of the molecule is C1CCc2nnc(SCCCCNC3CC3)n2CC1. The van der Waals surface area contributed by atoms with E-state index in [0.29, 0.717) is 0 Å². The van der Waals surface area contributed by atoms with Crippen LogP contribution in [0.4, 0.5) is 0 Å². The fourth-order valence-electron chi connectivity index (χ4n) is 2.55. The molecule has 1 aliphatic carbocycles. The Morgan fingerprint density at radius 3 is 3.00 bits per heavy atom. The van der Waals surface area contributed by atoms with Crippen molar-refractivity contribution >= 4 is 11.8 Å². The Bertz CT molecular complexity index is 400. The molecule has 1 aromatic heterocycles. The summed E-state index contributed by atoms with van der Waals surface area (Å²) in [6, 6.07) is 0.847. The Balaban J connectivity index is 1.38. The summed E-state index contributed by atoms with van der Waals surface area (Å²) in [6.45, 7) is 2.30. The van der Waals surface area contributed by atoms with E-state index in [9.17, 15) is 0 Å². The van der Waals surface area contributed by atoms with Gasteiger partial charge in [-0.15, -0.1) is 10.2 Å². The summed E-state index contributed by atoms with van der Waals surface area (Å²) < 4.78 is 2.35. The minimum Gasteiger partial charge on any atom is -0.314 e. The molecule has 0 amide bonds. The molecular weight excluding hydrogens is 256 g/mol. The molecule has 0 bridgehead atoms. The first-order valence-corrected chi connectivity index (χ1v) is 8.70. The van der Waals surface area contributed by atoms with Crippen molar-refractivity contribution in [3.05, 3.63) is 5.82 Å². The number of hydrogen-bond donors (Lipinski definition) is 1. The summed E-state index contributed by atoms with van der Waals surface area (Å²) in [5, 5.41) is 13.4. The van der Waals surface area contributed by atoms with Crippen LogP contribution in [0.25, 0.3) is 0 Å². The molecule has 0 aromatic carbocycles. The first-order valence-electron chi connectivity index (χ1n) is 7.72. The molecule has 0 spiro atoms. The highest BCUT2D eigenvalue weighted by Crippen LogP contribution is 2.22. The largest absolute Gasteiger partial charge is 0.314 e. The Kier molecular flexibility index (Phi) is 4.77. The molecular formula is C14H24N4S.